The zero-order valence-corrected chi connectivity index (χ0v) is 23.0. The number of nitrogens with one attached hydrogen (secondary N) is 1. The summed E-state index contributed by atoms with van der Waals surface area (Å²) < 4.78 is 41.7. The SMILES string of the molecule is Cc1cc(Cl)cc(C(N)=O)c1NC(=O)c1cc(Cn2nncc2-c2ccc(C(F)(F)F)cc2)nn1-c1ncccc1Cl. The number of hydrogen-bond acceptors (Lipinski definition) is 6. The fourth-order valence-corrected chi connectivity index (χ4v) is 4.70. The fraction of sp³-hybridized carbons (Fsp3) is 0.111. The zero-order chi connectivity index (χ0) is 30.2. The van der Waals surface area contributed by atoms with E-state index in [-0.39, 0.29) is 39.4 Å². The van der Waals surface area contributed by atoms with E-state index >= 15 is 0 Å². The number of amides is 2. The van der Waals surface area contributed by atoms with Crippen LogP contribution in [0.2, 0.25) is 10.0 Å². The molecule has 3 aromatic heterocycles. The van der Waals surface area contributed by atoms with Crippen molar-refractivity contribution in [3.05, 3.63) is 105 Å². The van der Waals surface area contributed by atoms with E-state index in [0.29, 0.717) is 22.5 Å². The van der Waals surface area contributed by atoms with Crippen LogP contribution in [-0.4, -0.2) is 41.6 Å². The lowest BCUT2D eigenvalue weighted by Crippen LogP contribution is -2.21. The standard InChI is InChI=1S/C27H19Cl2F3N8O2/c1-14-9-17(28)10-19(24(33)41)23(14)36-26(42)21-11-18(37-40(21)25-20(29)3-2-8-34-25)13-39-22(12-35-38-39)15-4-6-16(7-5-15)27(30,31)32/h2-12H,13H2,1H3,(H2,33,41)(H,36,42). The molecule has 0 atom stereocenters. The van der Waals surface area contributed by atoms with Crippen molar-refractivity contribution in [2.75, 3.05) is 5.32 Å². The van der Waals surface area contributed by atoms with Crippen LogP contribution in [0.15, 0.2) is 67.0 Å². The van der Waals surface area contributed by atoms with E-state index in [9.17, 15) is 22.8 Å². The van der Waals surface area contributed by atoms with E-state index in [0.717, 1.165) is 12.1 Å². The second kappa shape index (κ2) is 11.3. The minimum Gasteiger partial charge on any atom is -0.366 e. The molecule has 2 amide bonds. The largest absolute Gasteiger partial charge is 0.416 e. The number of anilines is 1. The molecule has 0 aliphatic heterocycles. The molecule has 5 rings (SSSR count). The van der Waals surface area contributed by atoms with Gasteiger partial charge in [0.2, 0.25) is 0 Å². The Bertz CT molecular complexity index is 1820. The number of alkyl halides is 3. The van der Waals surface area contributed by atoms with Gasteiger partial charge in [0.05, 0.1) is 46.0 Å². The highest BCUT2D eigenvalue weighted by Crippen LogP contribution is 2.31. The lowest BCUT2D eigenvalue weighted by Gasteiger charge is -2.13. The number of aryl methyl sites for hydroxylation is 1. The predicted octanol–water partition coefficient (Wildman–Crippen LogP) is 5.56. The van der Waals surface area contributed by atoms with E-state index in [1.165, 1.54) is 46.0 Å². The summed E-state index contributed by atoms with van der Waals surface area (Å²) >= 11 is 12.4. The first kappa shape index (κ1) is 28.8. The number of pyridine rings is 1. The number of halogens is 5. The average Bonchev–Trinajstić information content (AvgIpc) is 3.57. The Balaban J connectivity index is 1.52. The minimum absolute atomic E-state index is 0.00608. The van der Waals surface area contributed by atoms with Gasteiger partial charge in [-0.25, -0.2) is 14.3 Å². The highest BCUT2D eigenvalue weighted by molar-refractivity contribution is 6.32. The molecule has 0 saturated carbocycles. The van der Waals surface area contributed by atoms with Crippen LogP contribution >= 0.6 is 23.2 Å². The first-order chi connectivity index (χ1) is 19.9. The monoisotopic (exact) mass is 614 g/mol. The summed E-state index contributed by atoms with van der Waals surface area (Å²) in [4.78, 5) is 29.9. The summed E-state index contributed by atoms with van der Waals surface area (Å²) in [5.41, 5.74) is 6.59. The van der Waals surface area contributed by atoms with Gasteiger partial charge in [-0.3, -0.25) is 9.59 Å². The van der Waals surface area contributed by atoms with E-state index in [1.807, 2.05) is 0 Å². The van der Waals surface area contributed by atoms with Crippen LogP contribution in [0.1, 0.15) is 37.7 Å². The molecule has 5 aromatic rings. The third-order valence-corrected chi connectivity index (χ3v) is 6.69. The van der Waals surface area contributed by atoms with Crippen molar-refractivity contribution in [1.82, 2.24) is 29.8 Å². The summed E-state index contributed by atoms with van der Waals surface area (Å²) in [5, 5.41) is 15.6. The van der Waals surface area contributed by atoms with Crippen molar-refractivity contribution in [2.24, 2.45) is 5.73 Å². The van der Waals surface area contributed by atoms with E-state index in [1.54, 1.807) is 25.1 Å². The summed E-state index contributed by atoms with van der Waals surface area (Å²) in [6.07, 6.45) is -1.60. The molecule has 0 bridgehead atoms. The molecule has 15 heteroatoms. The third kappa shape index (κ3) is 5.83. The van der Waals surface area contributed by atoms with Crippen molar-refractivity contribution < 1.29 is 22.8 Å². The van der Waals surface area contributed by atoms with Crippen molar-refractivity contribution in [3.63, 3.8) is 0 Å². The summed E-state index contributed by atoms with van der Waals surface area (Å²) in [7, 11) is 0. The quantitative estimate of drug-likeness (QED) is 0.246. The molecule has 0 aliphatic carbocycles. The fourth-order valence-electron chi connectivity index (χ4n) is 4.23. The molecule has 0 saturated heterocycles. The van der Waals surface area contributed by atoms with Gasteiger partial charge >= 0.3 is 6.18 Å². The van der Waals surface area contributed by atoms with Crippen LogP contribution < -0.4 is 11.1 Å². The maximum Gasteiger partial charge on any atom is 0.416 e. The van der Waals surface area contributed by atoms with Crippen LogP contribution in [0, 0.1) is 6.92 Å². The van der Waals surface area contributed by atoms with Crippen molar-refractivity contribution in [2.45, 2.75) is 19.6 Å². The minimum atomic E-state index is -4.48. The Kier molecular flexibility index (Phi) is 7.71. The Morgan fingerprint density at radius 1 is 1.07 bits per heavy atom. The number of nitrogens with zero attached hydrogens (tertiary/aromatic N) is 6. The van der Waals surface area contributed by atoms with Gasteiger partial charge in [0.25, 0.3) is 11.8 Å². The highest BCUT2D eigenvalue weighted by atomic mass is 35.5. The van der Waals surface area contributed by atoms with Gasteiger partial charge < -0.3 is 11.1 Å². The van der Waals surface area contributed by atoms with E-state index < -0.39 is 23.6 Å². The van der Waals surface area contributed by atoms with Crippen LogP contribution in [0.4, 0.5) is 18.9 Å². The summed E-state index contributed by atoms with van der Waals surface area (Å²) in [5.74, 6) is -1.30. The van der Waals surface area contributed by atoms with Gasteiger partial charge in [0, 0.05) is 16.8 Å². The Morgan fingerprint density at radius 2 is 1.81 bits per heavy atom. The molecule has 2 aromatic carbocycles. The number of benzene rings is 2. The molecule has 0 spiro atoms. The number of aromatic nitrogens is 6. The molecular weight excluding hydrogens is 596 g/mol. The molecule has 0 fully saturated rings. The van der Waals surface area contributed by atoms with Gasteiger partial charge in [-0.05, 0) is 55.0 Å². The molecule has 3 heterocycles. The Morgan fingerprint density at radius 3 is 2.48 bits per heavy atom. The third-order valence-electron chi connectivity index (χ3n) is 6.17. The van der Waals surface area contributed by atoms with Gasteiger partial charge in [-0.1, -0.05) is 40.5 Å². The maximum atomic E-state index is 13.6. The van der Waals surface area contributed by atoms with E-state index in [4.69, 9.17) is 28.9 Å². The topological polar surface area (TPSA) is 134 Å². The number of carbonyl (C=O) groups is 2. The molecule has 0 radical (unpaired) electrons. The number of nitrogens with two attached hydrogens (primary N) is 1. The normalized spacial score (nSPS) is 11.5. The van der Waals surface area contributed by atoms with Gasteiger partial charge in [-0.15, -0.1) is 5.10 Å². The molecule has 0 aliphatic rings. The Labute approximate surface area is 245 Å². The number of carbonyl (C=O) groups excluding carboxylic acids is 2. The smallest absolute Gasteiger partial charge is 0.366 e. The number of rotatable bonds is 7. The maximum absolute atomic E-state index is 13.6. The molecular formula is C27H19Cl2F3N8O2. The lowest BCUT2D eigenvalue weighted by molar-refractivity contribution is -0.137. The second-order valence-corrected chi connectivity index (χ2v) is 9.90. The van der Waals surface area contributed by atoms with Crippen LogP contribution in [-0.2, 0) is 12.7 Å². The van der Waals surface area contributed by atoms with Crippen LogP contribution in [0.25, 0.3) is 17.1 Å². The lowest BCUT2D eigenvalue weighted by atomic mass is 10.1. The zero-order valence-electron chi connectivity index (χ0n) is 21.5. The molecule has 10 nitrogen and oxygen atoms in total. The molecule has 3 N–H and O–H groups in total. The number of hydrogen-bond donors (Lipinski definition) is 2. The Hall–Kier alpha value is -4.75. The molecule has 214 valence electrons. The van der Waals surface area contributed by atoms with Crippen molar-refractivity contribution >= 4 is 40.7 Å². The van der Waals surface area contributed by atoms with Gasteiger partial charge in [0.15, 0.2) is 5.82 Å². The van der Waals surface area contributed by atoms with Gasteiger partial charge in [-0.2, -0.15) is 18.3 Å². The number of primary amides is 1. The van der Waals surface area contributed by atoms with Crippen LogP contribution in [0.5, 0.6) is 0 Å². The summed E-state index contributed by atoms with van der Waals surface area (Å²) in [6, 6.07) is 12.1. The first-order valence-electron chi connectivity index (χ1n) is 12.1. The highest BCUT2D eigenvalue weighted by Gasteiger charge is 2.30. The van der Waals surface area contributed by atoms with Crippen molar-refractivity contribution in [3.8, 4) is 17.1 Å². The first-order valence-corrected chi connectivity index (χ1v) is 12.8. The van der Waals surface area contributed by atoms with E-state index in [2.05, 4.69) is 25.7 Å². The molecule has 42 heavy (non-hydrogen) atoms. The van der Waals surface area contributed by atoms with Gasteiger partial charge in [0.1, 0.15) is 5.69 Å². The second-order valence-electron chi connectivity index (χ2n) is 9.06. The van der Waals surface area contributed by atoms with Crippen LogP contribution in [0.3, 0.4) is 0 Å². The predicted molar refractivity (Wildman–Crippen MR) is 149 cm³/mol. The average molecular weight is 615 g/mol. The summed E-state index contributed by atoms with van der Waals surface area (Å²) in [6.45, 7) is 1.64. The van der Waals surface area contributed by atoms with Crippen molar-refractivity contribution in [1.29, 1.82) is 0 Å². The molecule has 0 unspecified atom stereocenters.